The van der Waals surface area contributed by atoms with Gasteiger partial charge < -0.3 is 27.4 Å². The van der Waals surface area contributed by atoms with Gasteiger partial charge in [-0.15, -0.1) is 11.3 Å². The van der Waals surface area contributed by atoms with Crippen LogP contribution in [0, 0.1) is 11.6 Å². The predicted octanol–water partition coefficient (Wildman–Crippen LogP) is 4.12. The highest BCUT2D eigenvalue weighted by Crippen LogP contribution is 2.49. The van der Waals surface area contributed by atoms with Crippen LogP contribution in [0.4, 0.5) is 14.5 Å². The van der Waals surface area contributed by atoms with E-state index in [0.29, 0.717) is 64.0 Å². The molecule has 1 fully saturated rings. The summed E-state index contributed by atoms with van der Waals surface area (Å²) in [6, 6.07) is 12.0. The van der Waals surface area contributed by atoms with Gasteiger partial charge in [0.15, 0.2) is 17.4 Å². The van der Waals surface area contributed by atoms with Crippen molar-refractivity contribution in [1.29, 1.82) is 0 Å². The fourth-order valence-electron chi connectivity index (χ4n) is 6.18. The van der Waals surface area contributed by atoms with E-state index in [-0.39, 0.29) is 22.4 Å². The molecule has 3 atom stereocenters. The highest BCUT2D eigenvalue weighted by molar-refractivity contribution is 7.21. The maximum atomic E-state index is 14.7. The summed E-state index contributed by atoms with van der Waals surface area (Å²) in [5, 5.41) is 3.53. The van der Waals surface area contributed by atoms with Crippen molar-refractivity contribution in [1.82, 2.24) is 10.2 Å². The van der Waals surface area contributed by atoms with E-state index < -0.39 is 34.9 Å². The zero-order valence-electron chi connectivity index (χ0n) is 23.0. The maximum absolute atomic E-state index is 14.7. The number of nitrogens with zero attached hydrogens (tertiary/aromatic N) is 1. The number of thiophene rings is 1. The van der Waals surface area contributed by atoms with Crippen molar-refractivity contribution >= 4 is 44.7 Å². The van der Waals surface area contributed by atoms with Crippen molar-refractivity contribution in [2.24, 2.45) is 11.5 Å². The normalized spacial score (nSPS) is 21.6. The Kier molecular flexibility index (Phi) is 7.11. The maximum Gasteiger partial charge on any atom is 0.262 e. The SMILES string of the molecule is C=CC(=O)N1CCCC(NC(=O)c2sc3c(N)ccc4c3c2C(N)C(=O)C4(N)c2cccc(-c3cccc(F)c3F)c2)C1. The minimum absolute atomic E-state index is 0.0201. The highest BCUT2D eigenvalue weighted by atomic mass is 32.1. The number of likely N-dealkylation sites (tertiary alicyclic amines) is 1. The molecule has 4 aromatic rings. The van der Waals surface area contributed by atoms with Gasteiger partial charge in [0.25, 0.3) is 5.91 Å². The number of benzene rings is 3. The number of carbonyl (C=O) groups is 3. The third-order valence-electron chi connectivity index (χ3n) is 8.34. The minimum Gasteiger partial charge on any atom is -0.398 e. The summed E-state index contributed by atoms with van der Waals surface area (Å²) in [6.45, 7) is 4.46. The molecule has 43 heavy (non-hydrogen) atoms. The Labute approximate surface area is 250 Å². The number of anilines is 1. The average Bonchev–Trinajstić information content (AvgIpc) is 3.42. The second-order valence-corrected chi connectivity index (χ2v) is 11.9. The number of hydrogen-bond donors (Lipinski definition) is 4. The van der Waals surface area contributed by atoms with E-state index in [9.17, 15) is 23.2 Å². The average molecular weight is 602 g/mol. The lowest BCUT2D eigenvalue weighted by Crippen LogP contribution is -2.53. The summed E-state index contributed by atoms with van der Waals surface area (Å²) in [7, 11) is 0. The lowest BCUT2D eigenvalue weighted by atomic mass is 9.70. The molecule has 2 aliphatic rings. The Balaban J connectivity index is 1.44. The molecular formula is C32H29F2N5O3S. The van der Waals surface area contributed by atoms with Crippen molar-refractivity contribution in [2.75, 3.05) is 18.8 Å². The fourth-order valence-corrected chi connectivity index (χ4v) is 7.38. The van der Waals surface area contributed by atoms with E-state index in [1.54, 1.807) is 41.3 Å². The van der Waals surface area contributed by atoms with Gasteiger partial charge >= 0.3 is 0 Å². The van der Waals surface area contributed by atoms with Crippen molar-refractivity contribution in [3.05, 3.63) is 100 Å². The van der Waals surface area contributed by atoms with E-state index in [0.717, 1.165) is 17.4 Å². The van der Waals surface area contributed by atoms with Gasteiger partial charge in [0.1, 0.15) is 5.54 Å². The van der Waals surface area contributed by atoms with Crippen LogP contribution in [-0.4, -0.2) is 41.6 Å². The summed E-state index contributed by atoms with van der Waals surface area (Å²) < 4.78 is 29.3. The summed E-state index contributed by atoms with van der Waals surface area (Å²) in [5.74, 6) is -3.20. The first-order chi connectivity index (χ1) is 20.6. The van der Waals surface area contributed by atoms with E-state index in [4.69, 9.17) is 17.2 Å². The molecule has 0 spiro atoms. The molecule has 0 saturated carbocycles. The molecule has 0 bridgehead atoms. The number of carbonyl (C=O) groups excluding carboxylic acids is 3. The summed E-state index contributed by atoms with van der Waals surface area (Å²) in [4.78, 5) is 41.8. The first-order valence-corrected chi connectivity index (χ1v) is 14.6. The summed E-state index contributed by atoms with van der Waals surface area (Å²) >= 11 is 1.13. The topological polar surface area (TPSA) is 145 Å². The molecule has 0 radical (unpaired) electrons. The van der Waals surface area contributed by atoms with E-state index >= 15 is 0 Å². The molecule has 220 valence electrons. The van der Waals surface area contributed by atoms with Gasteiger partial charge in [0, 0.05) is 41.3 Å². The van der Waals surface area contributed by atoms with Crippen LogP contribution in [0.25, 0.3) is 21.2 Å². The number of halogens is 2. The van der Waals surface area contributed by atoms with Crippen LogP contribution in [0.3, 0.4) is 0 Å². The van der Waals surface area contributed by atoms with Crippen molar-refractivity contribution in [2.45, 2.75) is 30.5 Å². The number of nitrogens with two attached hydrogens (primary N) is 3. The molecule has 3 aromatic carbocycles. The number of ketones is 1. The lowest BCUT2D eigenvalue weighted by Gasteiger charge is -2.37. The molecule has 1 aliphatic heterocycles. The molecule has 1 saturated heterocycles. The molecule has 11 heteroatoms. The first kappa shape index (κ1) is 28.7. The Hall–Kier alpha value is -4.45. The van der Waals surface area contributed by atoms with Gasteiger partial charge in [-0.25, -0.2) is 8.78 Å². The number of rotatable bonds is 5. The zero-order valence-corrected chi connectivity index (χ0v) is 23.8. The quantitative estimate of drug-likeness (QED) is 0.200. The van der Waals surface area contributed by atoms with Crippen molar-refractivity contribution in [3.63, 3.8) is 0 Å². The molecule has 6 rings (SSSR count). The van der Waals surface area contributed by atoms with Gasteiger partial charge in [-0.2, -0.15) is 0 Å². The first-order valence-electron chi connectivity index (χ1n) is 13.8. The largest absolute Gasteiger partial charge is 0.398 e. The number of Topliss-reactive ketones (excluding diaryl/α,β-unsaturated/α-hetero) is 1. The Morgan fingerprint density at radius 1 is 1.14 bits per heavy atom. The van der Waals surface area contributed by atoms with Crippen LogP contribution >= 0.6 is 11.3 Å². The second-order valence-electron chi connectivity index (χ2n) is 10.9. The molecule has 7 N–H and O–H groups in total. The van der Waals surface area contributed by atoms with Crippen LogP contribution in [0.2, 0.25) is 0 Å². The molecule has 1 aliphatic carbocycles. The number of nitrogen functional groups attached to an aromatic ring is 1. The Morgan fingerprint density at radius 3 is 2.67 bits per heavy atom. The van der Waals surface area contributed by atoms with Crippen LogP contribution in [0.5, 0.6) is 0 Å². The smallest absolute Gasteiger partial charge is 0.262 e. The van der Waals surface area contributed by atoms with Crippen LogP contribution in [0.1, 0.15) is 45.2 Å². The van der Waals surface area contributed by atoms with Crippen LogP contribution < -0.4 is 22.5 Å². The summed E-state index contributed by atoms with van der Waals surface area (Å²) in [5.41, 5.74) is 20.0. The number of amides is 2. The molecule has 2 amide bonds. The predicted molar refractivity (Wildman–Crippen MR) is 162 cm³/mol. The van der Waals surface area contributed by atoms with Gasteiger partial charge in [0.05, 0.1) is 15.6 Å². The minimum atomic E-state index is -1.76. The van der Waals surface area contributed by atoms with Gasteiger partial charge in [-0.05, 0) is 53.8 Å². The Morgan fingerprint density at radius 2 is 1.91 bits per heavy atom. The summed E-state index contributed by atoms with van der Waals surface area (Å²) in [6.07, 6.45) is 2.64. The molecular weight excluding hydrogens is 572 g/mol. The molecule has 2 heterocycles. The van der Waals surface area contributed by atoms with E-state index in [2.05, 4.69) is 11.9 Å². The van der Waals surface area contributed by atoms with Crippen molar-refractivity contribution < 1.29 is 23.2 Å². The van der Waals surface area contributed by atoms with Crippen LogP contribution in [-0.2, 0) is 15.1 Å². The number of nitrogens with one attached hydrogen (secondary N) is 1. The van der Waals surface area contributed by atoms with Gasteiger partial charge in [-0.3, -0.25) is 14.4 Å². The third kappa shape index (κ3) is 4.51. The number of piperidine rings is 1. The standard InChI is InChI=1S/C32H29F2N5O3S/c1-2-23(40)39-13-5-8-18(15-39)38-31(42)29-25-24-20(11-12-22(35)28(24)43-29)32(37,30(41)27(25)36)17-7-3-6-16(14-17)19-9-4-10-21(33)26(19)34/h2-4,6-7,9-12,14,18,27H,1,5,8,13,15,35-37H2,(H,38,42). The molecule has 1 aromatic heterocycles. The van der Waals surface area contributed by atoms with Crippen LogP contribution in [0.15, 0.2) is 67.3 Å². The van der Waals surface area contributed by atoms with Crippen molar-refractivity contribution in [3.8, 4) is 11.1 Å². The molecule has 8 nitrogen and oxygen atoms in total. The monoisotopic (exact) mass is 601 g/mol. The fraction of sp³-hybridized carbons (Fsp3) is 0.219. The van der Waals surface area contributed by atoms with E-state index in [1.165, 1.54) is 18.2 Å². The van der Waals surface area contributed by atoms with Gasteiger partial charge in [0.2, 0.25) is 5.91 Å². The highest BCUT2D eigenvalue weighted by Gasteiger charge is 2.49. The number of hydrogen-bond acceptors (Lipinski definition) is 7. The van der Waals surface area contributed by atoms with E-state index in [1.807, 2.05) is 0 Å². The van der Waals surface area contributed by atoms with Gasteiger partial charge in [-0.1, -0.05) is 43.0 Å². The second kappa shape index (κ2) is 10.7. The lowest BCUT2D eigenvalue weighted by molar-refractivity contribution is -0.127. The zero-order chi connectivity index (χ0) is 30.6. The third-order valence-corrected chi connectivity index (χ3v) is 9.60. The molecule has 3 unspecified atom stereocenters. The Bertz CT molecular complexity index is 1840.